The first-order chi connectivity index (χ1) is 9.44. The lowest BCUT2D eigenvalue weighted by molar-refractivity contribution is 0.598. The quantitative estimate of drug-likeness (QED) is 0.938. The van der Waals surface area contributed by atoms with Gasteiger partial charge in [0, 0.05) is 0 Å². The van der Waals surface area contributed by atoms with Gasteiger partial charge in [-0.2, -0.15) is 0 Å². The zero-order chi connectivity index (χ0) is 14.8. The number of aryl methyl sites for hydroxylation is 2. The van der Waals surface area contributed by atoms with E-state index in [1.54, 1.807) is 19.1 Å². The first kappa shape index (κ1) is 14.5. The molecular formula is C15H16FNO2S. The van der Waals surface area contributed by atoms with Crippen LogP contribution < -0.4 is 4.72 Å². The van der Waals surface area contributed by atoms with Gasteiger partial charge in [-0.3, -0.25) is 4.72 Å². The Hall–Kier alpha value is -1.88. The molecule has 0 aliphatic rings. The maximum absolute atomic E-state index is 13.1. The second kappa shape index (κ2) is 5.63. The fourth-order valence-electron chi connectivity index (χ4n) is 2.04. The normalized spacial score (nSPS) is 11.3. The maximum atomic E-state index is 13.1. The number of nitrogens with one attached hydrogen (secondary N) is 1. The van der Waals surface area contributed by atoms with Crippen molar-refractivity contribution >= 4 is 15.7 Å². The summed E-state index contributed by atoms with van der Waals surface area (Å²) in [4.78, 5) is 0.0878. The predicted octanol–water partition coefficient (Wildman–Crippen LogP) is 3.50. The van der Waals surface area contributed by atoms with E-state index < -0.39 is 15.8 Å². The van der Waals surface area contributed by atoms with Gasteiger partial charge in [0.25, 0.3) is 10.0 Å². The van der Waals surface area contributed by atoms with Crippen molar-refractivity contribution in [2.24, 2.45) is 0 Å². The van der Waals surface area contributed by atoms with Crippen LogP contribution in [-0.4, -0.2) is 8.42 Å². The lowest BCUT2D eigenvalue weighted by Gasteiger charge is -2.13. The number of anilines is 1. The van der Waals surface area contributed by atoms with Crippen LogP contribution in [0, 0.1) is 12.7 Å². The Labute approximate surface area is 118 Å². The molecule has 2 aromatic carbocycles. The van der Waals surface area contributed by atoms with Crippen LogP contribution in [0.4, 0.5) is 10.1 Å². The molecule has 0 atom stereocenters. The second-order valence-corrected chi connectivity index (χ2v) is 6.18. The van der Waals surface area contributed by atoms with Gasteiger partial charge in [-0.15, -0.1) is 0 Å². The summed E-state index contributed by atoms with van der Waals surface area (Å²) in [5, 5.41) is 0. The minimum absolute atomic E-state index is 0.0878. The Morgan fingerprint density at radius 1 is 1.15 bits per heavy atom. The van der Waals surface area contributed by atoms with Crippen molar-refractivity contribution in [3.8, 4) is 0 Å². The van der Waals surface area contributed by atoms with Crippen LogP contribution in [0.15, 0.2) is 47.4 Å². The first-order valence-corrected chi connectivity index (χ1v) is 7.79. The third kappa shape index (κ3) is 2.99. The smallest absolute Gasteiger partial charge is 0.262 e. The van der Waals surface area contributed by atoms with Gasteiger partial charge < -0.3 is 0 Å². The van der Waals surface area contributed by atoms with Crippen molar-refractivity contribution in [3.63, 3.8) is 0 Å². The fraction of sp³-hybridized carbons (Fsp3) is 0.200. The Morgan fingerprint density at radius 2 is 1.85 bits per heavy atom. The van der Waals surface area contributed by atoms with Crippen LogP contribution in [0.3, 0.4) is 0 Å². The fourth-order valence-corrected chi connectivity index (χ4v) is 3.37. The lowest BCUT2D eigenvalue weighted by Crippen LogP contribution is -2.15. The van der Waals surface area contributed by atoms with E-state index in [-0.39, 0.29) is 4.90 Å². The highest BCUT2D eigenvalue weighted by atomic mass is 32.2. The van der Waals surface area contributed by atoms with Gasteiger partial charge in [-0.1, -0.05) is 25.1 Å². The van der Waals surface area contributed by atoms with Gasteiger partial charge in [-0.25, -0.2) is 12.8 Å². The maximum Gasteiger partial charge on any atom is 0.262 e. The average molecular weight is 293 g/mol. The summed E-state index contributed by atoms with van der Waals surface area (Å²) in [6.07, 6.45) is 0.723. The molecule has 0 amide bonds. The van der Waals surface area contributed by atoms with Gasteiger partial charge in [0.05, 0.1) is 10.6 Å². The van der Waals surface area contributed by atoms with E-state index >= 15 is 0 Å². The molecule has 2 aromatic rings. The van der Waals surface area contributed by atoms with Crippen molar-refractivity contribution in [2.75, 3.05) is 4.72 Å². The molecule has 5 heteroatoms. The summed E-state index contributed by atoms with van der Waals surface area (Å²) in [5.74, 6) is -0.449. The Kier molecular flexibility index (Phi) is 4.09. The number of rotatable bonds is 4. The van der Waals surface area contributed by atoms with Gasteiger partial charge in [0.2, 0.25) is 0 Å². The molecule has 0 aromatic heterocycles. The second-order valence-electron chi connectivity index (χ2n) is 4.53. The van der Waals surface area contributed by atoms with Gasteiger partial charge in [0.15, 0.2) is 0 Å². The minimum atomic E-state index is -3.71. The molecule has 0 unspecified atom stereocenters. The summed E-state index contributed by atoms with van der Waals surface area (Å²) < 4.78 is 40.4. The highest BCUT2D eigenvalue weighted by molar-refractivity contribution is 7.92. The third-order valence-electron chi connectivity index (χ3n) is 3.07. The van der Waals surface area contributed by atoms with Crippen LogP contribution >= 0.6 is 0 Å². The summed E-state index contributed by atoms with van der Waals surface area (Å²) in [6, 6.07) is 10.9. The van der Waals surface area contributed by atoms with E-state index in [9.17, 15) is 12.8 Å². The zero-order valence-electron chi connectivity index (χ0n) is 11.4. The van der Waals surface area contributed by atoms with Crippen LogP contribution in [0.25, 0.3) is 0 Å². The van der Waals surface area contributed by atoms with E-state index in [2.05, 4.69) is 4.72 Å². The van der Waals surface area contributed by atoms with E-state index in [4.69, 9.17) is 0 Å². The number of sulfonamides is 1. The largest absolute Gasteiger partial charge is 0.279 e. The molecule has 0 radical (unpaired) electrons. The Bertz CT molecular complexity index is 726. The lowest BCUT2D eigenvalue weighted by atomic mass is 10.1. The first-order valence-electron chi connectivity index (χ1n) is 6.31. The molecule has 3 nitrogen and oxygen atoms in total. The number of halogens is 1. The van der Waals surface area contributed by atoms with Crippen LogP contribution in [-0.2, 0) is 16.4 Å². The molecule has 0 bridgehead atoms. The average Bonchev–Trinajstić information content (AvgIpc) is 2.38. The van der Waals surface area contributed by atoms with Crippen molar-refractivity contribution in [1.29, 1.82) is 0 Å². The number of para-hydroxylation sites is 1. The van der Waals surface area contributed by atoms with Crippen LogP contribution in [0.1, 0.15) is 18.1 Å². The number of hydrogen-bond donors (Lipinski definition) is 1. The molecule has 0 fully saturated rings. The zero-order valence-corrected chi connectivity index (χ0v) is 12.2. The topological polar surface area (TPSA) is 46.2 Å². The molecule has 20 heavy (non-hydrogen) atoms. The van der Waals surface area contributed by atoms with Gasteiger partial charge in [0.1, 0.15) is 5.82 Å². The molecule has 106 valence electrons. The number of benzene rings is 2. The predicted molar refractivity (Wildman–Crippen MR) is 77.8 cm³/mol. The molecule has 0 saturated carbocycles. The molecule has 2 rings (SSSR count). The van der Waals surface area contributed by atoms with E-state index in [1.165, 1.54) is 12.1 Å². The summed E-state index contributed by atoms with van der Waals surface area (Å²) >= 11 is 0. The van der Waals surface area contributed by atoms with E-state index in [0.29, 0.717) is 11.3 Å². The van der Waals surface area contributed by atoms with Crippen molar-refractivity contribution in [1.82, 2.24) is 0 Å². The SMILES string of the molecule is CCc1ccccc1NS(=O)(=O)c1ccc(F)cc1C. The number of hydrogen-bond acceptors (Lipinski definition) is 2. The molecule has 0 aliphatic heterocycles. The van der Waals surface area contributed by atoms with Crippen molar-refractivity contribution in [2.45, 2.75) is 25.2 Å². The van der Waals surface area contributed by atoms with Crippen molar-refractivity contribution < 1.29 is 12.8 Å². The highest BCUT2D eigenvalue weighted by Gasteiger charge is 2.18. The minimum Gasteiger partial charge on any atom is -0.279 e. The standard InChI is InChI=1S/C15H16FNO2S/c1-3-12-6-4-5-7-14(12)17-20(18,19)15-9-8-13(16)10-11(15)2/h4-10,17H,3H2,1-2H3. The summed E-state index contributed by atoms with van der Waals surface area (Å²) in [5.41, 5.74) is 1.85. The summed E-state index contributed by atoms with van der Waals surface area (Å²) in [6.45, 7) is 3.53. The Morgan fingerprint density at radius 3 is 2.50 bits per heavy atom. The summed E-state index contributed by atoms with van der Waals surface area (Å²) in [7, 11) is -3.71. The van der Waals surface area contributed by atoms with Crippen LogP contribution in [0.2, 0.25) is 0 Å². The van der Waals surface area contributed by atoms with E-state index in [0.717, 1.165) is 18.1 Å². The molecule has 0 spiro atoms. The van der Waals surface area contributed by atoms with Crippen molar-refractivity contribution in [3.05, 3.63) is 59.4 Å². The molecule has 0 aliphatic carbocycles. The molecule has 1 N–H and O–H groups in total. The van der Waals surface area contributed by atoms with E-state index in [1.807, 2.05) is 19.1 Å². The molecule has 0 saturated heterocycles. The van der Waals surface area contributed by atoms with Crippen LogP contribution in [0.5, 0.6) is 0 Å². The highest BCUT2D eigenvalue weighted by Crippen LogP contribution is 2.22. The Balaban J connectivity index is 2.41. The molecular weight excluding hydrogens is 277 g/mol. The van der Waals surface area contributed by atoms with Gasteiger partial charge >= 0.3 is 0 Å². The third-order valence-corrected chi connectivity index (χ3v) is 4.59. The van der Waals surface area contributed by atoms with Gasteiger partial charge in [-0.05, 0) is 48.7 Å². The molecule has 0 heterocycles. The monoisotopic (exact) mass is 293 g/mol.